The van der Waals surface area contributed by atoms with Gasteiger partial charge in [-0.1, -0.05) is 17.7 Å². The summed E-state index contributed by atoms with van der Waals surface area (Å²) in [5.74, 6) is 1.80. The van der Waals surface area contributed by atoms with E-state index < -0.39 is 0 Å². The molecule has 0 amide bonds. The summed E-state index contributed by atoms with van der Waals surface area (Å²) >= 11 is 12.0. The highest BCUT2D eigenvalue weighted by atomic mass is 35.5. The quantitative estimate of drug-likeness (QED) is 0.676. The number of hydrogen-bond donors (Lipinski definition) is 0. The highest BCUT2D eigenvalue weighted by molar-refractivity contribution is 6.31. The number of aromatic nitrogens is 3. The van der Waals surface area contributed by atoms with Gasteiger partial charge in [-0.3, -0.25) is 4.57 Å². The van der Waals surface area contributed by atoms with Crippen LogP contribution in [0, 0.1) is 0 Å². The lowest BCUT2D eigenvalue weighted by molar-refractivity contribution is 0.340. The molecule has 0 unspecified atom stereocenters. The molecule has 3 aromatic rings. The number of hydrogen-bond acceptors (Lipinski definition) is 3. The molecule has 6 heteroatoms. The summed E-state index contributed by atoms with van der Waals surface area (Å²) in [6, 6.07) is 9.53. The molecular weight excluding hydrogens is 309 g/mol. The Morgan fingerprint density at radius 3 is 2.90 bits per heavy atom. The van der Waals surface area contributed by atoms with Gasteiger partial charge in [0.1, 0.15) is 17.1 Å². The van der Waals surface area contributed by atoms with Crippen molar-refractivity contribution in [3.8, 4) is 11.4 Å². The van der Waals surface area contributed by atoms with Crippen LogP contribution in [-0.2, 0) is 5.88 Å². The van der Waals surface area contributed by atoms with Crippen molar-refractivity contribution in [2.24, 2.45) is 0 Å². The third-order valence-corrected chi connectivity index (χ3v) is 3.49. The molecule has 1 aromatic carbocycles. The molecule has 108 valence electrons. The van der Waals surface area contributed by atoms with Crippen molar-refractivity contribution in [3.63, 3.8) is 0 Å². The minimum Gasteiger partial charge on any atom is -0.494 e. The van der Waals surface area contributed by atoms with Crippen LogP contribution in [0.4, 0.5) is 0 Å². The number of halogens is 2. The monoisotopic (exact) mass is 321 g/mol. The zero-order chi connectivity index (χ0) is 14.8. The van der Waals surface area contributed by atoms with Crippen molar-refractivity contribution in [1.82, 2.24) is 14.5 Å². The van der Waals surface area contributed by atoms with E-state index in [0.717, 1.165) is 28.4 Å². The normalized spacial score (nSPS) is 11.0. The second-order valence-corrected chi connectivity index (χ2v) is 5.13. The molecule has 2 heterocycles. The number of fused-ring (bicyclic) bond motifs is 1. The second-order valence-electron chi connectivity index (χ2n) is 4.42. The van der Waals surface area contributed by atoms with E-state index in [1.165, 1.54) is 0 Å². The fourth-order valence-electron chi connectivity index (χ4n) is 2.23. The van der Waals surface area contributed by atoms with Gasteiger partial charge in [0.15, 0.2) is 5.65 Å². The Morgan fingerprint density at radius 1 is 1.29 bits per heavy atom. The molecule has 0 aliphatic carbocycles. The van der Waals surface area contributed by atoms with E-state index in [0.29, 0.717) is 11.6 Å². The molecule has 0 atom stereocenters. The van der Waals surface area contributed by atoms with Gasteiger partial charge in [0, 0.05) is 12.3 Å². The summed E-state index contributed by atoms with van der Waals surface area (Å²) in [5, 5.41) is 0.552. The highest BCUT2D eigenvalue weighted by Gasteiger charge is 2.13. The maximum Gasteiger partial charge on any atom is 0.164 e. The van der Waals surface area contributed by atoms with E-state index in [4.69, 9.17) is 27.9 Å². The summed E-state index contributed by atoms with van der Waals surface area (Å²) in [4.78, 5) is 8.86. The van der Waals surface area contributed by atoms with Gasteiger partial charge < -0.3 is 4.74 Å². The van der Waals surface area contributed by atoms with Gasteiger partial charge in [-0.15, -0.1) is 11.6 Å². The van der Waals surface area contributed by atoms with Gasteiger partial charge in [0.25, 0.3) is 0 Å². The molecule has 0 spiro atoms. The van der Waals surface area contributed by atoms with Crippen LogP contribution in [-0.4, -0.2) is 21.1 Å². The first-order chi connectivity index (χ1) is 10.2. The zero-order valence-electron chi connectivity index (χ0n) is 11.4. The molecule has 4 nitrogen and oxygen atoms in total. The molecule has 0 bridgehead atoms. The smallest absolute Gasteiger partial charge is 0.164 e. The Kier molecular flexibility index (Phi) is 3.99. The summed E-state index contributed by atoms with van der Waals surface area (Å²) in [6.07, 6.45) is 1.60. The fourth-order valence-corrected chi connectivity index (χ4v) is 2.56. The Balaban J connectivity index is 2.20. The van der Waals surface area contributed by atoms with Crippen LogP contribution >= 0.6 is 23.2 Å². The number of alkyl halides is 1. The number of rotatable bonds is 4. The van der Waals surface area contributed by atoms with E-state index >= 15 is 0 Å². The van der Waals surface area contributed by atoms with Crippen molar-refractivity contribution in [2.75, 3.05) is 6.61 Å². The van der Waals surface area contributed by atoms with Gasteiger partial charge in [0.05, 0.1) is 23.2 Å². The number of imidazole rings is 1. The number of pyridine rings is 1. The molecular formula is C15H13Cl2N3O. The van der Waals surface area contributed by atoms with E-state index in [1.54, 1.807) is 12.3 Å². The van der Waals surface area contributed by atoms with Crippen LogP contribution in [0.1, 0.15) is 12.7 Å². The number of benzene rings is 1. The topological polar surface area (TPSA) is 39.9 Å². The standard InChI is InChI=1S/C15H13Cl2N3O/c1-2-21-12-5-3-4-11(7-12)20-14(8-16)19-13-6-10(17)9-18-15(13)20/h3-7,9H,2,8H2,1H3. The van der Waals surface area contributed by atoms with Gasteiger partial charge in [-0.25, -0.2) is 9.97 Å². The minimum absolute atomic E-state index is 0.285. The molecule has 0 fully saturated rings. The molecule has 21 heavy (non-hydrogen) atoms. The average Bonchev–Trinajstić information content (AvgIpc) is 2.85. The fraction of sp³-hybridized carbons (Fsp3) is 0.200. The molecule has 3 rings (SSSR count). The number of nitrogens with zero attached hydrogens (tertiary/aromatic N) is 3. The lowest BCUT2D eigenvalue weighted by Crippen LogP contribution is -2.01. The highest BCUT2D eigenvalue weighted by Crippen LogP contribution is 2.25. The molecule has 0 saturated heterocycles. The predicted molar refractivity (Wildman–Crippen MR) is 84.6 cm³/mol. The lowest BCUT2D eigenvalue weighted by Gasteiger charge is -2.09. The average molecular weight is 322 g/mol. The first kappa shape index (κ1) is 14.2. The van der Waals surface area contributed by atoms with Crippen LogP contribution < -0.4 is 4.74 Å². The van der Waals surface area contributed by atoms with Crippen molar-refractivity contribution < 1.29 is 4.74 Å². The maximum absolute atomic E-state index is 6.02. The van der Waals surface area contributed by atoms with Crippen LogP contribution in [0.3, 0.4) is 0 Å². The number of ether oxygens (including phenoxy) is 1. The van der Waals surface area contributed by atoms with Crippen LogP contribution in [0.2, 0.25) is 5.02 Å². The Hall–Kier alpha value is -1.78. The Morgan fingerprint density at radius 2 is 2.14 bits per heavy atom. The second kappa shape index (κ2) is 5.92. The summed E-state index contributed by atoms with van der Waals surface area (Å²) in [6.45, 7) is 2.57. The Bertz CT molecular complexity index is 786. The van der Waals surface area contributed by atoms with E-state index in [9.17, 15) is 0 Å². The summed E-state index contributed by atoms with van der Waals surface area (Å²) in [7, 11) is 0. The molecule has 0 aliphatic heterocycles. The molecule has 2 aromatic heterocycles. The summed E-state index contributed by atoms with van der Waals surface area (Å²) in [5.41, 5.74) is 2.36. The van der Waals surface area contributed by atoms with E-state index in [1.807, 2.05) is 35.8 Å². The molecule has 0 N–H and O–H groups in total. The SMILES string of the molecule is CCOc1cccc(-n2c(CCl)nc3cc(Cl)cnc32)c1. The van der Waals surface area contributed by atoms with Crippen LogP contribution in [0.25, 0.3) is 16.9 Å². The molecule has 0 saturated carbocycles. The van der Waals surface area contributed by atoms with Gasteiger partial charge in [-0.05, 0) is 25.1 Å². The third kappa shape index (κ3) is 2.69. The van der Waals surface area contributed by atoms with Crippen LogP contribution in [0.15, 0.2) is 36.5 Å². The zero-order valence-corrected chi connectivity index (χ0v) is 12.9. The minimum atomic E-state index is 0.285. The van der Waals surface area contributed by atoms with E-state index in [2.05, 4.69) is 9.97 Å². The van der Waals surface area contributed by atoms with Crippen molar-refractivity contribution in [3.05, 3.63) is 47.4 Å². The largest absolute Gasteiger partial charge is 0.494 e. The van der Waals surface area contributed by atoms with E-state index in [-0.39, 0.29) is 5.88 Å². The van der Waals surface area contributed by atoms with Crippen molar-refractivity contribution >= 4 is 34.4 Å². The molecule has 0 aliphatic rings. The maximum atomic E-state index is 6.02. The first-order valence-electron chi connectivity index (χ1n) is 6.55. The van der Waals surface area contributed by atoms with Gasteiger partial charge in [0.2, 0.25) is 0 Å². The Labute approximate surface area is 132 Å². The van der Waals surface area contributed by atoms with Crippen molar-refractivity contribution in [1.29, 1.82) is 0 Å². The third-order valence-electron chi connectivity index (χ3n) is 3.04. The lowest BCUT2D eigenvalue weighted by atomic mass is 10.3. The molecule has 0 radical (unpaired) electrons. The van der Waals surface area contributed by atoms with Gasteiger partial charge in [-0.2, -0.15) is 0 Å². The summed E-state index contributed by atoms with van der Waals surface area (Å²) < 4.78 is 7.46. The predicted octanol–water partition coefficient (Wildman–Crippen LogP) is 4.21. The first-order valence-corrected chi connectivity index (χ1v) is 7.46. The van der Waals surface area contributed by atoms with Crippen LogP contribution in [0.5, 0.6) is 5.75 Å². The van der Waals surface area contributed by atoms with Gasteiger partial charge >= 0.3 is 0 Å². The van der Waals surface area contributed by atoms with Crippen molar-refractivity contribution in [2.45, 2.75) is 12.8 Å².